The minimum atomic E-state index is -0.619. The maximum absolute atomic E-state index is 13.2. The topological polar surface area (TPSA) is 130 Å². The van der Waals surface area contributed by atoms with Gasteiger partial charge in [-0.25, -0.2) is 0 Å². The number of benzene rings is 3. The van der Waals surface area contributed by atoms with Gasteiger partial charge in [0.15, 0.2) is 28.7 Å². The van der Waals surface area contributed by atoms with E-state index >= 15 is 0 Å². The van der Waals surface area contributed by atoms with Crippen molar-refractivity contribution in [2.24, 2.45) is 0 Å². The first-order valence-electron chi connectivity index (χ1n) is 11.2. The highest BCUT2D eigenvalue weighted by Gasteiger charge is 2.19. The first kappa shape index (κ1) is 23.7. The first-order chi connectivity index (χ1) is 18.0. The molecule has 2 amide bonds. The molecule has 11 nitrogen and oxygen atoms in total. The molecule has 0 fully saturated rings. The normalized spacial score (nSPS) is 11.7. The van der Waals surface area contributed by atoms with E-state index in [1.54, 1.807) is 60.7 Å². The van der Waals surface area contributed by atoms with E-state index in [1.165, 1.54) is 14.2 Å². The van der Waals surface area contributed by atoms with Crippen LogP contribution in [0.5, 0.6) is 23.0 Å². The van der Waals surface area contributed by atoms with Gasteiger partial charge in [0.05, 0.1) is 31.8 Å². The maximum Gasteiger partial charge on any atom is 0.279 e. The van der Waals surface area contributed by atoms with Crippen LogP contribution >= 0.6 is 0 Å². The summed E-state index contributed by atoms with van der Waals surface area (Å²) in [5.74, 6) is 0.916. The van der Waals surface area contributed by atoms with E-state index in [2.05, 4.69) is 15.7 Å². The van der Waals surface area contributed by atoms with Gasteiger partial charge in [-0.05, 0) is 30.3 Å². The number of fused-ring (bicyclic) bond motifs is 2. The Morgan fingerprint density at radius 2 is 1.70 bits per heavy atom. The van der Waals surface area contributed by atoms with Crippen LogP contribution < -0.4 is 35.1 Å². The Morgan fingerprint density at radius 1 is 0.946 bits per heavy atom. The fourth-order valence-electron chi connectivity index (χ4n) is 3.91. The van der Waals surface area contributed by atoms with Crippen molar-refractivity contribution in [3.63, 3.8) is 0 Å². The molecule has 0 atom stereocenters. The van der Waals surface area contributed by atoms with E-state index < -0.39 is 17.4 Å². The molecule has 188 valence electrons. The van der Waals surface area contributed by atoms with E-state index in [-0.39, 0.29) is 19.0 Å². The number of hydrogen-bond acceptors (Lipinski definition) is 8. The third-order valence-electron chi connectivity index (χ3n) is 5.70. The predicted molar refractivity (Wildman–Crippen MR) is 134 cm³/mol. The number of nitrogens with zero attached hydrogens (tertiary/aromatic N) is 2. The van der Waals surface area contributed by atoms with E-state index in [1.807, 2.05) is 0 Å². The fraction of sp³-hybridized carbons (Fsp3) is 0.154. The zero-order valence-corrected chi connectivity index (χ0v) is 19.9. The lowest BCUT2D eigenvalue weighted by molar-refractivity contribution is -0.115. The largest absolute Gasteiger partial charge is 0.493 e. The van der Waals surface area contributed by atoms with E-state index in [0.717, 1.165) is 4.68 Å². The minimum absolute atomic E-state index is 0.0131. The van der Waals surface area contributed by atoms with Crippen molar-refractivity contribution in [1.29, 1.82) is 0 Å². The van der Waals surface area contributed by atoms with Crippen LogP contribution in [0.1, 0.15) is 10.5 Å². The van der Waals surface area contributed by atoms with Crippen molar-refractivity contribution in [2.45, 2.75) is 0 Å². The van der Waals surface area contributed by atoms with Crippen LogP contribution in [0.25, 0.3) is 16.5 Å². The Labute approximate surface area is 210 Å². The second kappa shape index (κ2) is 9.90. The van der Waals surface area contributed by atoms with Gasteiger partial charge in [-0.2, -0.15) is 9.78 Å². The fourth-order valence-corrected chi connectivity index (χ4v) is 3.91. The molecule has 11 heteroatoms. The monoisotopic (exact) mass is 502 g/mol. The number of carbonyl (C=O) groups is 2. The molecule has 1 aromatic heterocycles. The minimum Gasteiger partial charge on any atom is -0.493 e. The van der Waals surface area contributed by atoms with Crippen molar-refractivity contribution in [2.75, 3.05) is 32.9 Å². The highest BCUT2D eigenvalue weighted by Crippen LogP contribution is 2.34. The molecule has 0 spiro atoms. The Balaban J connectivity index is 1.41. The number of anilines is 1. The third kappa shape index (κ3) is 4.61. The smallest absolute Gasteiger partial charge is 0.279 e. The first-order valence-corrected chi connectivity index (χ1v) is 11.2. The number of hydrogen-bond donors (Lipinski definition) is 2. The third-order valence-corrected chi connectivity index (χ3v) is 5.70. The number of methoxy groups -OCH3 is 2. The Kier molecular flexibility index (Phi) is 6.33. The Hall–Kier alpha value is -5.06. The Morgan fingerprint density at radius 3 is 2.49 bits per heavy atom. The average molecular weight is 502 g/mol. The molecule has 0 radical (unpaired) electrons. The molecule has 1 aliphatic rings. The van der Waals surface area contributed by atoms with Crippen molar-refractivity contribution < 1.29 is 28.5 Å². The van der Waals surface area contributed by atoms with Crippen LogP contribution in [0.3, 0.4) is 0 Å². The lowest BCUT2D eigenvalue weighted by Gasteiger charge is -2.13. The molecule has 0 saturated heterocycles. The number of ether oxygens (including phenoxy) is 4. The van der Waals surface area contributed by atoms with E-state index in [9.17, 15) is 14.4 Å². The summed E-state index contributed by atoms with van der Waals surface area (Å²) in [6, 6.07) is 16.5. The van der Waals surface area contributed by atoms with Gasteiger partial charge in [-0.3, -0.25) is 14.4 Å². The lowest BCUT2D eigenvalue weighted by atomic mass is 10.1. The summed E-state index contributed by atoms with van der Waals surface area (Å²) in [5, 5.41) is 10.3. The molecule has 0 unspecified atom stereocenters. The number of nitrogens with one attached hydrogen (secondary N) is 2. The zero-order chi connectivity index (χ0) is 25.9. The molecule has 0 saturated carbocycles. The van der Waals surface area contributed by atoms with Crippen LogP contribution in [0, 0.1) is 0 Å². The molecule has 1 aliphatic heterocycles. The Bertz CT molecular complexity index is 1580. The van der Waals surface area contributed by atoms with Gasteiger partial charge in [-0.15, -0.1) is 0 Å². The van der Waals surface area contributed by atoms with Crippen LogP contribution in [0.15, 0.2) is 65.5 Å². The molecule has 3 aromatic carbocycles. The summed E-state index contributed by atoms with van der Waals surface area (Å²) in [7, 11) is 2.98. The summed E-state index contributed by atoms with van der Waals surface area (Å²) >= 11 is 0. The van der Waals surface area contributed by atoms with Crippen LogP contribution in [0.4, 0.5) is 5.69 Å². The second-order valence-electron chi connectivity index (χ2n) is 7.95. The molecule has 2 heterocycles. The number of amides is 2. The molecular weight excluding hydrogens is 480 g/mol. The van der Waals surface area contributed by atoms with Gasteiger partial charge < -0.3 is 29.6 Å². The van der Waals surface area contributed by atoms with Crippen molar-refractivity contribution in [1.82, 2.24) is 15.1 Å². The molecular formula is C26H22N4O7. The lowest BCUT2D eigenvalue weighted by Crippen LogP contribution is -2.35. The summed E-state index contributed by atoms with van der Waals surface area (Å²) in [5.41, 5.74) is 0.442. The molecule has 4 aromatic rings. The number of aromatic nitrogens is 2. The quantitative estimate of drug-likeness (QED) is 0.394. The molecule has 5 rings (SSSR count). The van der Waals surface area contributed by atoms with E-state index in [4.69, 9.17) is 18.9 Å². The van der Waals surface area contributed by atoms with Gasteiger partial charge in [0.25, 0.3) is 11.5 Å². The van der Waals surface area contributed by atoms with Crippen LogP contribution in [-0.4, -0.2) is 49.2 Å². The summed E-state index contributed by atoms with van der Waals surface area (Å²) in [4.78, 5) is 38.8. The molecule has 0 bridgehead atoms. The molecule has 2 N–H and O–H groups in total. The number of carbonyl (C=O) groups excluding carboxylic acids is 2. The van der Waals surface area contributed by atoms with Gasteiger partial charge in [0.2, 0.25) is 12.7 Å². The highest BCUT2D eigenvalue weighted by atomic mass is 16.7. The van der Waals surface area contributed by atoms with Crippen molar-refractivity contribution in [3.05, 3.63) is 76.7 Å². The van der Waals surface area contributed by atoms with Crippen LogP contribution in [0.2, 0.25) is 0 Å². The second-order valence-corrected chi connectivity index (χ2v) is 7.95. The van der Waals surface area contributed by atoms with Crippen molar-refractivity contribution >= 4 is 28.3 Å². The van der Waals surface area contributed by atoms with Crippen LogP contribution in [-0.2, 0) is 4.79 Å². The maximum atomic E-state index is 13.2. The van der Waals surface area contributed by atoms with E-state index in [0.29, 0.717) is 45.1 Å². The summed E-state index contributed by atoms with van der Waals surface area (Å²) < 4.78 is 22.3. The zero-order valence-electron chi connectivity index (χ0n) is 19.9. The average Bonchev–Trinajstić information content (AvgIpc) is 3.40. The van der Waals surface area contributed by atoms with Gasteiger partial charge in [0.1, 0.15) is 0 Å². The highest BCUT2D eigenvalue weighted by molar-refractivity contribution is 6.06. The standard InChI is InChI=1S/C26H22N4O7/c1-34-19-10-8-16(12-21(19)35-2)30-26(33)18-6-4-3-5-17(18)24(29-30)25(32)27-13-23(31)28-15-7-9-20-22(11-15)37-14-36-20/h3-12H,13-14H2,1-2H3,(H,27,32)(H,28,31). The number of rotatable bonds is 7. The summed E-state index contributed by atoms with van der Waals surface area (Å²) in [6.45, 7) is -0.200. The molecule has 37 heavy (non-hydrogen) atoms. The predicted octanol–water partition coefficient (Wildman–Crippen LogP) is 2.50. The summed E-state index contributed by atoms with van der Waals surface area (Å²) in [6.07, 6.45) is 0. The van der Waals surface area contributed by atoms with Gasteiger partial charge in [-0.1, -0.05) is 18.2 Å². The van der Waals surface area contributed by atoms with Gasteiger partial charge >= 0.3 is 0 Å². The SMILES string of the molecule is COc1ccc(-n2nc(C(=O)NCC(=O)Nc3ccc4c(c3)OCO4)c3ccccc3c2=O)cc1OC. The van der Waals surface area contributed by atoms with Gasteiger partial charge in [0, 0.05) is 23.2 Å². The molecule has 0 aliphatic carbocycles. The van der Waals surface area contributed by atoms with Crippen molar-refractivity contribution in [3.8, 4) is 28.7 Å².